The van der Waals surface area contributed by atoms with Crippen LogP contribution in [-0.2, 0) is 9.53 Å². The van der Waals surface area contributed by atoms with Crippen molar-refractivity contribution >= 4 is 23.2 Å². The highest BCUT2D eigenvalue weighted by Gasteiger charge is 2.15. The van der Waals surface area contributed by atoms with Crippen LogP contribution in [-0.4, -0.2) is 18.5 Å². The topological polar surface area (TPSA) is 55.4 Å². The standard InChI is InChI=1S/C15H13F2NO3S/c1-9(13-3-2-4-22-13)18-14(19)8-21-15(20)10-5-11(16)7-12(17)6-10/h2-7,9H,8H2,1H3,(H,18,19)/t9-/m0/s1. The minimum absolute atomic E-state index is 0.210. The third kappa shape index (κ3) is 4.36. The van der Waals surface area contributed by atoms with Crippen LogP contribution in [0.2, 0.25) is 0 Å². The molecule has 0 saturated heterocycles. The molecule has 1 amide bonds. The summed E-state index contributed by atoms with van der Waals surface area (Å²) in [5.74, 6) is -3.23. The predicted octanol–water partition coefficient (Wildman–Crippen LogP) is 3.06. The van der Waals surface area contributed by atoms with Gasteiger partial charge in [-0.2, -0.15) is 0 Å². The van der Waals surface area contributed by atoms with Gasteiger partial charge in [0.05, 0.1) is 11.6 Å². The van der Waals surface area contributed by atoms with Gasteiger partial charge >= 0.3 is 5.97 Å². The zero-order valence-corrected chi connectivity index (χ0v) is 12.5. The van der Waals surface area contributed by atoms with Crippen LogP contribution in [0, 0.1) is 11.6 Å². The molecule has 7 heteroatoms. The molecule has 0 spiro atoms. The minimum atomic E-state index is -0.961. The summed E-state index contributed by atoms with van der Waals surface area (Å²) in [6.07, 6.45) is 0. The van der Waals surface area contributed by atoms with Gasteiger partial charge in [-0.3, -0.25) is 4.79 Å². The number of hydrogen-bond acceptors (Lipinski definition) is 4. The molecule has 0 aliphatic heterocycles. The Bertz CT molecular complexity index is 653. The van der Waals surface area contributed by atoms with Crippen LogP contribution in [0.3, 0.4) is 0 Å². The van der Waals surface area contributed by atoms with Crippen molar-refractivity contribution in [2.45, 2.75) is 13.0 Å². The molecule has 1 heterocycles. The number of hydrogen-bond donors (Lipinski definition) is 1. The number of carbonyl (C=O) groups excluding carboxylic acids is 2. The van der Waals surface area contributed by atoms with Gasteiger partial charge in [0.15, 0.2) is 6.61 Å². The number of carbonyl (C=O) groups is 2. The van der Waals surface area contributed by atoms with E-state index < -0.39 is 30.1 Å². The second-order valence-electron chi connectivity index (χ2n) is 4.54. The first kappa shape index (κ1) is 16.1. The van der Waals surface area contributed by atoms with E-state index in [4.69, 9.17) is 4.74 Å². The van der Waals surface area contributed by atoms with E-state index in [2.05, 4.69) is 5.32 Å². The van der Waals surface area contributed by atoms with Crippen LogP contribution < -0.4 is 5.32 Å². The fourth-order valence-corrected chi connectivity index (χ4v) is 2.51. The van der Waals surface area contributed by atoms with Gasteiger partial charge in [-0.05, 0) is 30.5 Å². The molecular weight excluding hydrogens is 312 g/mol. The number of nitrogens with one attached hydrogen (secondary N) is 1. The second kappa shape index (κ2) is 7.13. The quantitative estimate of drug-likeness (QED) is 0.860. The molecule has 0 fully saturated rings. The summed E-state index contributed by atoms with van der Waals surface area (Å²) in [6.45, 7) is 1.28. The lowest BCUT2D eigenvalue weighted by molar-refractivity contribution is -0.124. The molecule has 0 radical (unpaired) electrons. The Morgan fingerprint density at radius 2 is 1.95 bits per heavy atom. The van der Waals surface area contributed by atoms with E-state index in [1.165, 1.54) is 11.3 Å². The van der Waals surface area contributed by atoms with Crippen LogP contribution >= 0.6 is 11.3 Å². The molecule has 1 aromatic carbocycles. The number of ether oxygens (including phenoxy) is 1. The highest BCUT2D eigenvalue weighted by molar-refractivity contribution is 7.10. The Kier molecular flexibility index (Phi) is 5.21. The molecule has 1 aromatic heterocycles. The lowest BCUT2D eigenvalue weighted by atomic mass is 10.2. The molecule has 22 heavy (non-hydrogen) atoms. The number of rotatable bonds is 5. The lowest BCUT2D eigenvalue weighted by Gasteiger charge is -2.12. The Labute approximate surface area is 129 Å². The molecule has 0 aliphatic rings. The molecule has 0 bridgehead atoms. The molecule has 1 N–H and O–H groups in total. The third-order valence-corrected chi connectivity index (χ3v) is 3.84. The van der Waals surface area contributed by atoms with Gasteiger partial charge in [-0.1, -0.05) is 6.07 Å². The van der Waals surface area contributed by atoms with E-state index in [1.54, 1.807) is 6.92 Å². The van der Waals surface area contributed by atoms with Crippen molar-refractivity contribution in [1.82, 2.24) is 5.32 Å². The Morgan fingerprint density at radius 3 is 2.55 bits per heavy atom. The Morgan fingerprint density at radius 1 is 1.27 bits per heavy atom. The molecular formula is C15H13F2NO3S. The smallest absolute Gasteiger partial charge is 0.338 e. The first-order valence-corrected chi connectivity index (χ1v) is 7.29. The first-order chi connectivity index (χ1) is 10.5. The summed E-state index contributed by atoms with van der Waals surface area (Å²) in [5.41, 5.74) is -0.281. The monoisotopic (exact) mass is 325 g/mol. The number of thiophene rings is 1. The average molecular weight is 325 g/mol. The largest absolute Gasteiger partial charge is 0.452 e. The van der Waals surface area contributed by atoms with Crippen molar-refractivity contribution in [2.75, 3.05) is 6.61 Å². The van der Waals surface area contributed by atoms with E-state index >= 15 is 0 Å². The highest BCUT2D eigenvalue weighted by Crippen LogP contribution is 2.17. The maximum Gasteiger partial charge on any atom is 0.338 e. The number of halogens is 2. The lowest BCUT2D eigenvalue weighted by Crippen LogP contribution is -2.30. The van der Waals surface area contributed by atoms with E-state index in [9.17, 15) is 18.4 Å². The van der Waals surface area contributed by atoms with Gasteiger partial charge in [0.2, 0.25) is 0 Å². The van der Waals surface area contributed by atoms with Crippen LogP contribution in [0.5, 0.6) is 0 Å². The van der Waals surface area contributed by atoms with E-state index in [-0.39, 0.29) is 11.6 Å². The van der Waals surface area contributed by atoms with Crippen molar-refractivity contribution in [1.29, 1.82) is 0 Å². The number of amides is 1. The van der Waals surface area contributed by atoms with E-state index in [1.807, 2.05) is 17.5 Å². The third-order valence-electron chi connectivity index (χ3n) is 2.78. The van der Waals surface area contributed by atoms with Gasteiger partial charge in [0, 0.05) is 10.9 Å². The van der Waals surface area contributed by atoms with Gasteiger partial charge in [0.25, 0.3) is 5.91 Å². The zero-order valence-electron chi connectivity index (χ0n) is 11.6. The molecule has 2 aromatic rings. The zero-order chi connectivity index (χ0) is 16.1. The van der Waals surface area contributed by atoms with E-state index in [0.29, 0.717) is 6.07 Å². The molecule has 4 nitrogen and oxygen atoms in total. The summed E-state index contributed by atoms with van der Waals surface area (Å²) < 4.78 is 30.7. The van der Waals surface area contributed by atoms with Crippen LogP contribution in [0.25, 0.3) is 0 Å². The SMILES string of the molecule is C[C@H](NC(=O)COC(=O)c1cc(F)cc(F)c1)c1cccs1. The summed E-state index contributed by atoms with van der Waals surface area (Å²) in [6, 6.07) is 5.86. The fourth-order valence-electron chi connectivity index (χ4n) is 1.78. The van der Waals surface area contributed by atoms with Gasteiger partial charge < -0.3 is 10.1 Å². The minimum Gasteiger partial charge on any atom is -0.452 e. The Hall–Kier alpha value is -2.28. The van der Waals surface area contributed by atoms with Gasteiger partial charge in [0.1, 0.15) is 11.6 Å². The van der Waals surface area contributed by atoms with Crippen molar-refractivity contribution in [3.63, 3.8) is 0 Å². The summed E-state index contributed by atoms with van der Waals surface area (Å²) >= 11 is 1.49. The average Bonchev–Trinajstić information content (AvgIpc) is 2.98. The van der Waals surface area contributed by atoms with Crippen molar-refractivity contribution in [3.8, 4) is 0 Å². The fraction of sp³-hybridized carbons (Fsp3) is 0.200. The predicted molar refractivity (Wildman–Crippen MR) is 77.5 cm³/mol. The maximum absolute atomic E-state index is 13.0. The molecule has 2 rings (SSSR count). The van der Waals surface area contributed by atoms with Crippen LogP contribution in [0.15, 0.2) is 35.7 Å². The van der Waals surface area contributed by atoms with Gasteiger partial charge in [-0.25, -0.2) is 13.6 Å². The van der Waals surface area contributed by atoms with Crippen LogP contribution in [0.4, 0.5) is 8.78 Å². The highest BCUT2D eigenvalue weighted by atomic mass is 32.1. The normalized spacial score (nSPS) is 11.8. The molecule has 0 aliphatic carbocycles. The molecule has 0 unspecified atom stereocenters. The Balaban J connectivity index is 1.86. The first-order valence-electron chi connectivity index (χ1n) is 6.41. The molecule has 116 valence electrons. The van der Waals surface area contributed by atoms with E-state index in [0.717, 1.165) is 17.0 Å². The maximum atomic E-state index is 13.0. The summed E-state index contributed by atoms with van der Waals surface area (Å²) in [4.78, 5) is 24.3. The number of esters is 1. The number of benzene rings is 1. The van der Waals surface area contributed by atoms with Crippen molar-refractivity contribution in [3.05, 3.63) is 57.8 Å². The second-order valence-corrected chi connectivity index (χ2v) is 5.52. The van der Waals surface area contributed by atoms with Gasteiger partial charge in [-0.15, -0.1) is 11.3 Å². The summed E-state index contributed by atoms with van der Waals surface area (Å²) in [7, 11) is 0. The van der Waals surface area contributed by atoms with Crippen LogP contribution in [0.1, 0.15) is 28.2 Å². The summed E-state index contributed by atoms with van der Waals surface area (Å²) in [5, 5.41) is 4.54. The molecule has 0 saturated carbocycles. The van der Waals surface area contributed by atoms with Crippen molar-refractivity contribution in [2.24, 2.45) is 0 Å². The molecule has 1 atom stereocenters. The van der Waals surface area contributed by atoms with Crippen molar-refractivity contribution < 1.29 is 23.1 Å².